The number of nitrogens with zero attached hydrogens (tertiary/aromatic N) is 1. The van der Waals surface area contributed by atoms with Crippen LogP contribution < -0.4 is 0 Å². The fourth-order valence-electron chi connectivity index (χ4n) is 2.87. The molecule has 2 saturated heterocycles. The monoisotopic (exact) mass is 313 g/mol. The number of carbonyl (C=O) groups excluding carboxylic acids is 1. The number of rotatable bonds is 3. The molecule has 0 spiro atoms. The Morgan fingerprint density at radius 1 is 1.27 bits per heavy atom. The molecule has 0 aliphatic carbocycles. The van der Waals surface area contributed by atoms with Gasteiger partial charge in [-0.15, -0.1) is 0 Å². The zero-order chi connectivity index (χ0) is 16.2. The summed E-state index contributed by atoms with van der Waals surface area (Å²) < 4.78 is 17.3. The van der Waals surface area contributed by atoms with E-state index in [1.165, 1.54) is 12.8 Å². The van der Waals surface area contributed by atoms with Crippen LogP contribution in [0.2, 0.25) is 0 Å². The highest BCUT2D eigenvalue weighted by Crippen LogP contribution is 2.28. The maximum absolute atomic E-state index is 12.1. The lowest BCUT2D eigenvalue weighted by Gasteiger charge is -2.40. The molecule has 2 aliphatic heterocycles. The van der Waals surface area contributed by atoms with E-state index < -0.39 is 5.60 Å². The summed E-state index contributed by atoms with van der Waals surface area (Å²) in [7, 11) is 0. The summed E-state index contributed by atoms with van der Waals surface area (Å²) in [5, 5.41) is 0. The number of hydrogen-bond acceptors (Lipinski definition) is 4. The van der Waals surface area contributed by atoms with Crippen molar-refractivity contribution in [3.63, 3.8) is 0 Å². The first-order valence-electron chi connectivity index (χ1n) is 8.51. The molecule has 22 heavy (non-hydrogen) atoms. The van der Waals surface area contributed by atoms with Crippen LogP contribution in [0.4, 0.5) is 4.79 Å². The Morgan fingerprint density at radius 2 is 1.95 bits per heavy atom. The highest BCUT2D eigenvalue weighted by molar-refractivity contribution is 5.68. The first kappa shape index (κ1) is 17.5. The molecular weight excluding hydrogens is 282 g/mol. The highest BCUT2D eigenvalue weighted by Gasteiger charge is 2.35. The van der Waals surface area contributed by atoms with E-state index in [0.717, 1.165) is 25.9 Å². The van der Waals surface area contributed by atoms with E-state index in [2.05, 4.69) is 6.92 Å². The largest absolute Gasteiger partial charge is 0.444 e. The lowest BCUT2D eigenvalue weighted by molar-refractivity contribution is -0.119. The Balaban J connectivity index is 1.74. The third-order valence-electron chi connectivity index (χ3n) is 4.36. The topological polar surface area (TPSA) is 48.0 Å². The van der Waals surface area contributed by atoms with Gasteiger partial charge in [0.15, 0.2) is 0 Å². The molecule has 0 radical (unpaired) electrons. The summed E-state index contributed by atoms with van der Waals surface area (Å²) in [4.78, 5) is 13.9. The van der Waals surface area contributed by atoms with Gasteiger partial charge in [0.2, 0.25) is 0 Å². The van der Waals surface area contributed by atoms with E-state index in [-0.39, 0.29) is 17.8 Å². The van der Waals surface area contributed by atoms with Gasteiger partial charge in [0.05, 0.1) is 18.3 Å². The zero-order valence-corrected chi connectivity index (χ0v) is 14.5. The van der Waals surface area contributed by atoms with E-state index in [4.69, 9.17) is 14.2 Å². The van der Waals surface area contributed by atoms with Gasteiger partial charge in [-0.2, -0.15) is 0 Å². The SMILES string of the molecule is CC(C)(C)OC(=O)N1CCC(C)(OCC2CCCCO2)CC1. The van der Waals surface area contributed by atoms with Crippen molar-refractivity contribution >= 4 is 6.09 Å². The van der Waals surface area contributed by atoms with E-state index in [9.17, 15) is 4.79 Å². The van der Waals surface area contributed by atoms with Crippen LogP contribution in [0, 0.1) is 0 Å². The van der Waals surface area contributed by atoms with Crippen molar-refractivity contribution in [3.8, 4) is 0 Å². The Kier molecular flexibility index (Phi) is 5.72. The average Bonchev–Trinajstić information content (AvgIpc) is 2.45. The maximum atomic E-state index is 12.1. The maximum Gasteiger partial charge on any atom is 0.410 e. The van der Waals surface area contributed by atoms with Crippen LogP contribution in [-0.2, 0) is 14.2 Å². The van der Waals surface area contributed by atoms with Crippen LogP contribution in [0.1, 0.15) is 59.8 Å². The second-order valence-corrected chi connectivity index (χ2v) is 7.72. The van der Waals surface area contributed by atoms with Gasteiger partial charge in [-0.3, -0.25) is 0 Å². The Hall–Kier alpha value is -0.810. The molecule has 1 unspecified atom stereocenters. The molecule has 128 valence electrons. The van der Waals surface area contributed by atoms with Crippen LogP contribution >= 0.6 is 0 Å². The van der Waals surface area contributed by atoms with Crippen molar-refractivity contribution in [2.45, 2.75) is 77.1 Å². The summed E-state index contributed by atoms with van der Waals surface area (Å²) in [6, 6.07) is 0. The average molecular weight is 313 g/mol. The summed E-state index contributed by atoms with van der Waals surface area (Å²) in [5.74, 6) is 0. The predicted molar refractivity (Wildman–Crippen MR) is 85.0 cm³/mol. The minimum Gasteiger partial charge on any atom is -0.444 e. The second-order valence-electron chi connectivity index (χ2n) is 7.72. The minimum absolute atomic E-state index is 0.153. The van der Waals surface area contributed by atoms with E-state index >= 15 is 0 Å². The van der Waals surface area contributed by atoms with Gasteiger partial charge in [-0.1, -0.05) is 0 Å². The minimum atomic E-state index is -0.438. The third-order valence-corrected chi connectivity index (χ3v) is 4.36. The van der Waals surface area contributed by atoms with Crippen molar-refractivity contribution in [1.82, 2.24) is 4.90 Å². The molecule has 1 atom stereocenters. The standard InChI is InChI=1S/C17H31NO4/c1-16(2,3)22-15(19)18-10-8-17(4,9-11-18)21-13-14-7-5-6-12-20-14/h14H,5-13H2,1-4H3. The van der Waals surface area contributed by atoms with Gasteiger partial charge >= 0.3 is 6.09 Å². The van der Waals surface area contributed by atoms with Crippen LogP contribution in [0.3, 0.4) is 0 Å². The van der Waals surface area contributed by atoms with Gasteiger partial charge in [0.1, 0.15) is 5.60 Å². The molecule has 2 aliphatic rings. The lowest BCUT2D eigenvalue weighted by Crippen LogP contribution is -2.48. The number of amides is 1. The van der Waals surface area contributed by atoms with Crippen molar-refractivity contribution in [2.75, 3.05) is 26.3 Å². The van der Waals surface area contributed by atoms with Crippen LogP contribution in [0.15, 0.2) is 0 Å². The lowest BCUT2D eigenvalue weighted by atomic mass is 9.93. The number of hydrogen-bond donors (Lipinski definition) is 0. The number of ether oxygens (including phenoxy) is 3. The molecule has 0 N–H and O–H groups in total. The molecule has 0 saturated carbocycles. The number of likely N-dealkylation sites (tertiary alicyclic amines) is 1. The fraction of sp³-hybridized carbons (Fsp3) is 0.941. The summed E-state index contributed by atoms with van der Waals surface area (Å²) in [6.07, 6.45) is 5.22. The Morgan fingerprint density at radius 3 is 2.50 bits per heavy atom. The third kappa shape index (κ3) is 5.43. The molecule has 0 aromatic rings. The molecule has 1 amide bonds. The molecule has 5 nitrogen and oxygen atoms in total. The molecule has 0 aromatic heterocycles. The summed E-state index contributed by atoms with van der Waals surface area (Å²) in [5.41, 5.74) is -0.591. The molecule has 5 heteroatoms. The summed E-state index contributed by atoms with van der Waals surface area (Å²) in [6.45, 7) is 10.7. The normalized spacial score (nSPS) is 25.8. The quantitative estimate of drug-likeness (QED) is 0.801. The highest BCUT2D eigenvalue weighted by atomic mass is 16.6. The van der Waals surface area contributed by atoms with Crippen molar-refractivity contribution in [3.05, 3.63) is 0 Å². The van der Waals surface area contributed by atoms with Crippen molar-refractivity contribution in [1.29, 1.82) is 0 Å². The number of carbonyl (C=O) groups is 1. The van der Waals surface area contributed by atoms with E-state index in [1.807, 2.05) is 20.8 Å². The van der Waals surface area contributed by atoms with Gasteiger partial charge in [0, 0.05) is 19.7 Å². The molecule has 0 bridgehead atoms. The smallest absolute Gasteiger partial charge is 0.410 e. The molecule has 2 rings (SSSR count). The zero-order valence-electron chi connectivity index (χ0n) is 14.5. The van der Waals surface area contributed by atoms with Crippen LogP contribution in [0.5, 0.6) is 0 Å². The van der Waals surface area contributed by atoms with Gasteiger partial charge in [0.25, 0.3) is 0 Å². The van der Waals surface area contributed by atoms with Crippen LogP contribution in [0.25, 0.3) is 0 Å². The first-order chi connectivity index (χ1) is 10.3. The van der Waals surface area contributed by atoms with E-state index in [0.29, 0.717) is 19.7 Å². The molecular formula is C17H31NO4. The number of piperidine rings is 1. The summed E-state index contributed by atoms with van der Waals surface area (Å²) >= 11 is 0. The van der Waals surface area contributed by atoms with E-state index in [1.54, 1.807) is 4.90 Å². The molecule has 0 aromatic carbocycles. The van der Waals surface area contributed by atoms with Crippen LogP contribution in [-0.4, -0.2) is 54.6 Å². The van der Waals surface area contributed by atoms with Gasteiger partial charge in [-0.05, 0) is 59.8 Å². The molecule has 2 heterocycles. The molecule has 2 fully saturated rings. The predicted octanol–water partition coefficient (Wildman–Crippen LogP) is 3.36. The van der Waals surface area contributed by atoms with Crippen molar-refractivity contribution in [2.24, 2.45) is 0 Å². The Bertz CT molecular complexity index is 363. The van der Waals surface area contributed by atoms with Crippen molar-refractivity contribution < 1.29 is 19.0 Å². The van der Waals surface area contributed by atoms with Gasteiger partial charge < -0.3 is 19.1 Å². The second kappa shape index (κ2) is 7.18. The first-order valence-corrected chi connectivity index (χ1v) is 8.51. The fourth-order valence-corrected chi connectivity index (χ4v) is 2.87. The Labute approximate surface area is 134 Å². The van der Waals surface area contributed by atoms with Gasteiger partial charge in [-0.25, -0.2) is 4.79 Å².